The van der Waals surface area contributed by atoms with Crippen LogP contribution in [0.3, 0.4) is 0 Å². The van der Waals surface area contributed by atoms with Crippen LogP contribution in [0.1, 0.15) is 0 Å². The number of benzene rings is 5. The maximum Gasteiger partial charge on any atom is 0.200 e. The lowest BCUT2D eigenvalue weighted by atomic mass is 9.85. The van der Waals surface area contributed by atoms with Gasteiger partial charge in [0.05, 0.1) is 11.1 Å². The Morgan fingerprint density at radius 1 is 0.333 bits per heavy atom. The second-order valence-corrected chi connectivity index (χ2v) is 7.77. The molecule has 0 aromatic heterocycles. The molecule has 0 unspecified atom stereocenters. The van der Waals surface area contributed by atoms with Crippen LogP contribution in [0.4, 0.5) is 43.9 Å². The maximum absolute atomic E-state index is 14.9. The smallest absolute Gasteiger partial charge is 0.200 e. The van der Waals surface area contributed by atoms with Crippen molar-refractivity contribution in [3.8, 4) is 22.3 Å². The monoisotopic (exact) mass is 510 g/mol. The van der Waals surface area contributed by atoms with Gasteiger partial charge in [-0.25, -0.2) is 43.9 Å². The average Bonchev–Trinajstić information content (AvgIpc) is 2.86. The van der Waals surface area contributed by atoms with Crippen LogP contribution in [0.5, 0.6) is 0 Å². The Morgan fingerprint density at radius 2 is 0.750 bits per heavy atom. The fraction of sp³-hybridized carbons (Fsp3) is 0. The molecule has 0 aliphatic rings. The molecule has 0 aliphatic heterocycles. The van der Waals surface area contributed by atoms with E-state index in [0.717, 1.165) is 24.3 Å². The van der Waals surface area contributed by atoms with Crippen molar-refractivity contribution in [1.29, 1.82) is 0 Å². The fourth-order valence-electron chi connectivity index (χ4n) is 4.31. The molecule has 0 saturated heterocycles. The Kier molecular flexibility index (Phi) is 5.42. The fourth-order valence-corrected chi connectivity index (χ4v) is 4.31. The highest BCUT2D eigenvalue weighted by atomic mass is 19.2. The summed E-state index contributed by atoms with van der Waals surface area (Å²) < 4.78 is 144. The number of halogens is 10. The van der Waals surface area contributed by atoms with Gasteiger partial charge in [-0.15, -0.1) is 0 Å². The summed E-state index contributed by atoms with van der Waals surface area (Å²) in [6.45, 7) is 0. The summed E-state index contributed by atoms with van der Waals surface area (Å²) in [5.41, 5.74) is -3.84. The van der Waals surface area contributed by atoms with Crippen LogP contribution in [0, 0.1) is 58.2 Å². The first-order valence-corrected chi connectivity index (χ1v) is 10.0. The van der Waals surface area contributed by atoms with Crippen LogP contribution < -0.4 is 0 Å². The van der Waals surface area contributed by atoms with Gasteiger partial charge >= 0.3 is 0 Å². The van der Waals surface area contributed by atoms with E-state index in [9.17, 15) is 43.9 Å². The Labute approximate surface area is 195 Å². The van der Waals surface area contributed by atoms with Crippen LogP contribution in [-0.4, -0.2) is 0 Å². The zero-order valence-electron chi connectivity index (χ0n) is 17.4. The predicted octanol–water partition coefficient (Wildman–Crippen LogP) is 8.72. The molecule has 0 atom stereocenters. The predicted molar refractivity (Wildman–Crippen MR) is 112 cm³/mol. The summed E-state index contributed by atoms with van der Waals surface area (Å²) in [6, 6.07) is 7.15. The first kappa shape index (κ1) is 23.7. The topological polar surface area (TPSA) is 0 Å². The van der Waals surface area contributed by atoms with Crippen molar-refractivity contribution in [2.75, 3.05) is 0 Å². The molecule has 5 rings (SSSR count). The average molecular weight is 510 g/mol. The molecule has 0 fully saturated rings. The van der Waals surface area contributed by atoms with Crippen molar-refractivity contribution < 1.29 is 43.9 Å². The number of rotatable bonds is 2. The van der Waals surface area contributed by atoms with E-state index < -0.39 is 85.8 Å². The van der Waals surface area contributed by atoms with Gasteiger partial charge in [-0.05, 0) is 33.7 Å². The molecule has 36 heavy (non-hydrogen) atoms. The van der Waals surface area contributed by atoms with Crippen LogP contribution in [0.25, 0.3) is 43.8 Å². The first-order valence-electron chi connectivity index (χ1n) is 10.0. The van der Waals surface area contributed by atoms with Gasteiger partial charge in [-0.2, -0.15) is 0 Å². The lowest BCUT2D eigenvalue weighted by Crippen LogP contribution is -2.06. The molecular formula is C26H8F10. The van der Waals surface area contributed by atoms with Gasteiger partial charge in [0.2, 0.25) is 5.82 Å². The molecule has 0 amide bonds. The highest BCUT2D eigenvalue weighted by molar-refractivity contribution is 6.21. The molecule has 0 bridgehead atoms. The molecule has 5 aromatic carbocycles. The second-order valence-electron chi connectivity index (χ2n) is 7.77. The quantitative estimate of drug-likeness (QED) is 0.0965. The molecule has 0 heterocycles. The van der Waals surface area contributed by atoms with Crippen molar-refractivity contribution in [2.24, 2.45) is 0 Å². The molecule has 0 saturated carbocycles. The third-order valence-corrected chi connectivity index (χ3v) is 5.81. The van der Waals surface area contributed by atoms with Gasteiger partial charge in [0.15, 0.2) is 46.5 Å². The van der Waals surface area contributed by atoms with Crippen LogP contribution in [0.15, 0.2) is 48.5 Å². The van der Waals surface area contributed by atoms with Crippen molar-refractivity contribution >= 4 is 21.5 Å². The van der Waals surface area contributed by atoms with E-state index in [1.807, 2.05) is 0 Å². The van der Waals surface area contributed by atoms with Gasteiger partial charge in [0.25, 0.3) is 0 Å². The Hall–Kier alpha value is -4.08. The van der Waals surface area contributed by atoms with Crippen molar-refractivity contribution in [1.82, 2.24) is 0 Å². The molecule has 182 valence electrons. The SMILES string of the molecule is Fc1ccc2c(-c3c(F)c(F)cc(F)c3F)c3ccccc3c(-c3c(F)c(F)c(F)c(F)c3F)c2c1. The van der Waals surface area contributed by atoms with Gasteiger partial charge < -0.3 is 0 Å². The standard InChI is InChI=1S/C26H8F10/c27-9-5-6-12-13(7-9)17(19-22(32)24(34)26(36)25(35)23(19)33)11-4-2-1-3-10(11)16(12)18-20(30)14(28)8-15(29)21(18)31/h1-8H. The molecule has 0 nitrogen and oxygen atoms in total. The minimum Gasteiger partial charge on any atom is -0.207 e. The van der Waals surface area contributed by atoms with E-state index in [1.54, 1.807) is 0 Å². The van der Waals surface area contributed by atoms with E-state index in [4.69, 9.17) is 0 Å². The van der Waals surface area contributed by atoms with Crippen molar-refractivity contribution in [2.45, 2.75) is 0 Å². The molecule has 0 aliphatic carbocycles. The Morgan fingerprint density at radius 3 is 1.28 bits per heavy atom. The largest absolute Gasteiger partial charge is 0.207 e. The number of hydrogen-bond acceptors (Lipinski definition) is 0. The van der Waals surface area contributed by atoms with Gasteiger partial charge in [0.1, 0.15) is 5.82 Å². The van der Waals surface area contributed by atoms with Gasteiger partial charge in [-0.3, -0.25) is 0 Å². The summed E-state index contributed by atoms with van der Waals surface area (Å²) in [4.78, 5) is 0. The molecular weight excluding hydrogens is 502 g/mol. The van der Waals surface area contributed by atoms with Crippen LogP contribution in [-0.2, 0) is 0 Å². The summed E-state index contributed by atoms with van der Waals surface area (Å²) in [5.74, 6) is -19.6. The molecule has 0 spiro atoms. The van der Waals surface area contributed by atoms with E-state index in [0.29, 0.717) is 6.07 Å². The van der Waals surface area contributed by atoms with Crippen molar-refractivity contribution in [3.05, 3.63) is 107 Å². The summed E-state index contributed by atoms with van der Waals surface area (Å²) in [6.07, 6.45) is 0. The van der Waals surface area contributed by atoms with E-state index in [1.165, 1.54) is 12.1 Å². The second kappa shape index (κ2) is 8.25. The first-order chi connectivity index (χ1) is 17.0. The van der Waals surface area contributed by atoms with Crippen LogP contribution in [0.2, 0.25) is 0 Å². The van der Waals surface area contributed by atoms with E-state index >= 15 is 0 Å². The van der Waals surface area contributed by atoms with Crippen LogP contribution >= 0.6 is 0 Å². The number of fused-ring (bicyclic) bond motifs is 2. The molecule has 0 radical (unpaired) electrons. The van der Waals surface area contributed by atoms with E-state index in [-0.39, 0.29) is 22.2 Å². The summed E-state index contributed by atoms with van der Waals surface area (Å²) in [7, 11) is 0. The molecule has 5 aromatic rings. The lowest BCUT2D eigenvalue weighted by molar-refractivity contribution is 0.381. The molecule has 0 N–H and O–H groups in total. The van der Waals surface area contributed by atoms with Gasteiger partial charge in [-0.1, -0.05) is 30.3 Å². The highest BCUT2D eigenvalue weighted by Crippen LogP contribution is 2.47. The normalized spacial score (nSPS) is 11.6. The summed E-state index contributed by atoms with van der Waals surface area (Å²) in [5, 5.41) is -1.51. The van der Waals surface area contributed by atoms with Gasteiger partial charge in [0, 0.05) is 17.2 Å². The minimum atomic E-state index is -2.43. The third kappa shape index (κ3) is 3.24. The molecule has 10 heteroatoms. The lowest BCUT2D eigenvalue weighted by Gasteiger charge is -2.19. The zero-order chi connectivity index (χ0) is 26.0. The maximum atomic E-state index is 14.9. The van der Waals surface area contributed by atoms with Crippen molar-refractivity contribution in [3.63, 3.8) is 0 Å². The zero-order valence-corrected chi connectivity index (χ0v) is 17.4. The third-order valence-electron chi connectivity index (χ3n) is 5.81. The summed E-state index contributed by atoms with van der Waals surface area (Å²) >= 11 is 0. The number of hydrogen-bond donors (Lipinski definition) is 0. The van der Waals surface area contributed by atoms with E-state index in [2.05, 4.69) is 0 Å². The minimum absolute atomic E-state index is 0.0264. The highest BCUT2D eigenvalue weighted by Gasteiger charge is 2.31. The Bertz CT molecular complexity index is 1680. The Balaban J connectivity index is 2.10.